The first-order chi connectivity index (χ1) is 21.1. The van der Waals surface area contributed by atoms with Crippen molar-refractivity contribution >= 4 is 55.7 Å². The zero-order chi connectivity index (χ0) is 31.0. The number of ketones is 1. The van der Waals surface area contributed by atoms with Gasteiger partial charge in [-0.3, -0.25) is 14.6 Å². The molecule has 4 aromatic heterocycles. The molecule has 0 atom stereocenters. The summed E-state index contributed by atoms with van der Waals surface area (Å²) in [6.07, 6.45) is 9.00. The molecule has 0 aromatic carbocycles. The number of carbonyl (C=O) groups is 2. The van der Waals surface area contributed by atoms with E-state index in [1.165, 1.54) is 29.9 Å². The number of imidazole rings is 1. The Hall–Kier alpha value is -3.98. The number of rotatable bonds is 11. The first-order valence-corrected chi connectivity index (χ1v) is 17.0. The number of aromatic nitrogens is 5. The predicted molar refractivity (Wildman–Crippen MR) is 164 cm³/mol. The van der Waals surface area contributed by atoms with Gasteiger partial charge in [0.25, 0.3) is 5.91 Å². The van der Waals surface area contributed by atoms with E-state index in [0.29, 0.717) is 28.2 Å². The van der Waals surface area contributed by atoms with E-state index in [4.69, 9.17) is 0 Å². The van der Waals surface area contributed by atoms with Crippen molar-refractivity contribution in [1.29, 1.82) is 0 Å². The highest BCUT2D eigenvalue weighted by Gasteiger charge is 2.30. The Morgan fingerprint density at radius 2 is 1.80 bits per heavy atom. The maximum atomic E-state index is 14.1. The quantitative estimate of drug-likeness (QED) is 0.214. The van der Waals surface area contributed by atoms with Gasteiger partial charge >= 0.3 is 0 Å². The molecule has 2 aliphatic carbocycles. The van der Waals surface area contributed by atoms with Gasteiger partial charge in [0, 0.05) is 24.3 Å². The van der Waals surface area contributed by atoms with Gasteiger partial charge in [-0.05, 0) is 64.4 Å². The second-order valence-electron chi connectivity index (χ2n) is 11.6. The maximum Gasteiger partial charge on any atom is 0.276 e. The molecule has 3 N–H and O–H groups in total. The minimum Gasteiger partial charge on any atom is -0.379 e. The highest BCUT2D eigenvalue weighted by molar-refractivity contribution is 7.93. The van der Waals surface area contributed by atoms with E-state index in [9.17, 15) is 22.4 Å². The molecule has 1 amide bonds. The van der Waals surface area contributed by atoms with Gasteiger partial charge in [0.2, 0.25) is 0 Å². The van der Waals surface area contributed by atoms with Crippen molar-refractivity contribution in [2.24, 2.45) is 5.92 Å². The fourth-order valence-corrected chi connectivity index (χ4v) is 8.96. The third-order valence-electron chi connectivity index (χ3n) is 7.79. The van der Waals surface area contributed by atoms with E-state index >= 15 is 0 Å². The van der Waals surface area contributed by atoms with Crippen molar-refractivity contribution in [3.05, 3.63) is 52.9 Å². The van der Waals surface area contributed by atoms with Crippen LogP contribution in [0, 0.1) is 18.7 Å². The molecular formula is C29H33FN8O4S2. The third kappa shape index (κ3) is 6.73. The largest absolute Gasteiger partial charge is 0.379 e. The van der Waals surface area contributed by atoms with E-state index in [1.54, 1.807) is 6.92 Å². The number of sulfone groups is 1. The average molecular weight is 641 g/mol. The molecule has 0 aliphatic heterocycles. The van der Waals surface area contributed by atoms with Crippen molar-refractivity contribution < 1.29 is 22.4 Å². The summed E-state index contributed by atoms with van der Waals surface area (Å²) in [5, 5.41) is 14.7. The van der Waals surface area contributed by atoms with Crippen LogP contribution in [0.15, 0.2) is 34.9 Å². The lowest BCUT2D eigenvalue weighted by Gasteiger charge is -2.29. The second kappa shape index (κ2) is 12.2. The van der Waals surface area contributed by atoms with E-state index in [-0.39, 0.29) is 45.5 Å². The number of anilines is 3. The number of carbonyl (C=O) groups excluding carboxylic acids is 2. The van der Waals surface area contributed by atoms with Gasteiger partial charge in [-0.15, -0.1) is 16.4 Å². The average Bonchev–Trinajstić information content (AvgIpc) is 3.54. The Balaban J connectivity index is 1.14. The first kappa shape index (κ1) is 30.1. The van der Waals surface area contributed by atoms with Crippen LogP contribution in [0.25, 0.3) is 5.65 Å². The molecule has 6 rings (SSSR count). The molecule has 232 valence electrons. The van der Waals surface area contributed by atoms with Crippen molar-refractivity contribution in [3.8, 4) is 0 Å². The van der Waals surface area contributed by atoms with Crippen molar-refractivity contribution in [1.82, 2.24) is 24.6 Å². The van der Waals surface area contributed by atoms with Crippen LogP contribution in [0.3, 0.4) is 0 Å². The number of nitrogens with one attached hydrogen (secondary N) is 3. The zero-order valence-corrected chi connectivity index (χ0v) is 26.0. The van der Waals surface area contributed by atoms with E-state index in [2.05, 4.69) is 36.0 Å². The van der Waals surface area contributed by atoms with Gasteiger partial charge in [-0.25, -0.2) is 27.3 Å². The standard InChI is InChI=1S/C29H33FN8O4S2/c1-16(39)11-26-33-17(2)29(43-26)44(41,42)15-18-3-5-20(6-4-18)35-25-12-23(34-19-7-8-19)27-32-14-24(38(27)37-25)28(40)36-22-9-10-31-13-21(22)30/h9-10,12-14,18-20,34H,3-8,11,15H2,1-2H3,(H,35,37)(H,31,36,40). The number of thiazole rings is 1. The predicted octanol–water partition coefficient (Wildman–Crippen LogP) is 4.43. The van der Waals surface area contributed by atoms with Crippen LogP contribution in [0.4, 0.5) is 21.6 Å². The lowest BCUT2D eigenvalue weighted by molar-refractivity contribution is -0.116. The fourth-order valence-electron chi connectivity index (χ4n) is 5.49. The van der Waals surface area contributed by atoms with E-state index < -0.39 is 21.6 Å². The van der Waals surface area contributed by atoms with Crippen LogP contribution in [-0.2, 0) is 21.1 Å². The number of pyridine rings is 1. The number of Topliss-reactive ketones (excluding diaryl/α,β-unsaturated/α-hetero) is 1. The van der Waals surface area contributed by atoms with Crippen LogP contribution >= 0.6 is 11.3 Å². The van der Waals surface area contributed by atoms with Crippen LogP contribution < -0.4 is 16.0 Å². The molecule has 0 radical (unpaired) electrons. The Kier molecular flexibility index (Phi) is 8.33. The Morgan fingerprint density at radius 1 is 1.07 bits per heavy atom. The van der Waals surface area contributed by atoms with Gasteiger partial charge in [0.1, 0.15) is 20.8 Å². The molecular weight excluding hydrogens is 608 g/mol. The van der Waals surface area contributed by atoms with Gasteiger partial charge in [0.15, 0.2) is 27.0 Å². The van der Waals surface area contributed by atoms with E-state index in [1.807, 2.05) is 6.07 Å². The SMILES string of the molecule is CC(=O)Cc1nc(C)c(S(=O)(=O)CC2CCC(Nc3cc(NC4CC4)c4ncc(C(=O)Nc5ccncc5F)n4n3)CC2)s1. The Bertz CT molecular complexity index is 1830. The molecule has 4 aromatic rings. The number of halogens is 1. The summed E-state index contributed by atoms with van der Waals surface area (Å²) in [4.78, 5) is 37.0. The van der Waals surface area contributed by atoms with E-state index in [0.717, 1.165) is 61.7 Å². The Morgan fingerprint density at radius 3 is 2.50 bits per heavy atom. The highest BCUT2D eigenvalue weighted by Crippen LogP contribution is 2.33. The summed E-state index contributed by atoms with van der Waals surface area (Å²) in [6, 6.07) is 3.65. The molecule has 0 saturated heterocycles. The van der Waals surface area contributed by atoms with Crippen molar-refractivity contribution in [2.75, 3.05) is 21.7 Å². The summed E-state index contributed by atoms with van der Waals surface area (Å²) < 4.78 is 42.3. The smallest absolute Gasteiger partial charge is 0.276 e. The zero-order valence-electron chi connectivity index (χ0n) is 24.3. The molecule has 2 saturated carbocycles. The summed E-state index contributed by atoms with van der Waals surface area (Å²) >= 11 is 1.10. The number of fused-ring (bicyclic) bond motifs is 1. The van der Waals surface area contributed by atoms with Gasteiger partial charge in [-0.2, -0.15) is 0 Å². The molecule has 0 unspecified atom stereocenters. The molecule has 15 heteroatoms. The van der Waals surface area contributed by atoms with Crippen LogP contribution in [0.5, 0.6) is 0 Å². The fraction of sp³-hybridized carbons (Fsp3) is 0.448. The Labute approximate surface area is 257 Å². The molecule has 44 heavy (non-hydrogen) atoms. The molecule has 2 fully saturated rings. The topological polar surface area (TPSA) is 160 Å². The maximum absolute atomic E-state index is 14.1. The van der Waals surface area contributed by atoms with Gasteiger partial charge in [0.05, 0.1) is 41.6 Å². The molecule has 0 spiro atoms. The van der Waals surface area contributed by atoms with Gasteiger partial charge < -0.3 is 16.0 Å². The van der Waals surface area contributed by atoms with Crippen LogP contribution in [-0.4, -0.2) is 62.5 Å². The number of hydrogen-bond acceptors (Lipinski definition) is 11. The van der Waals surface area contributed by atoms with Crippen LogP contribution in [0.2, 0.25) is 0 Å². The van der Waals surface area contributed by atoms with Crippen LogP contribution in [0.1, 0.15) is 66.6 Å². The molecule has 4 heterocycles. The summed E-state index contributed by atoms with van der Waals surface area (Å²) in [6.45, 7) is 3.14. The summed E-state index contributed by atoms with van der Waals surface area (Å²) in [5.74, 6) is -0.646. The summed E-state index contributed by atoms with van der Waals surface area (Å²) in [5.41, 5.74) is 1.84. The number of hydrogen-bond donors (Lipinski definition) is 3. The molecule has 0 bridgehead atoms. The minimum absolute atomic E-state index is 0.00587. The molecule has 12 nitrogen and oxygen atoms in total. The second-order valence-corrected chi connectivity index (χ2v) is 14.9. The number of amides is 1. The van der Waals surface area contributed by atoms with Crippen molar-refractivity contribution in [2.45, 2.75) is 75.1 Å². The first-order valence-electron chi connectivity index (χ1n) is 14.6. The monoisotopic (exact) mass is 640 g/mol. The summed E-state index contributed by atoms with van der Waals surface area (Å²) in [7, 11) is -3.52. The minimum atomic E-state index is -3.52. The van der Waals surface area contributed by atoms with Crippen molar-refractivity contribution in [3.63, 3.8) is 0 Å². The highest BCUT2D eigenvalue weighted by atomic mass is 32.2. The lowest BCUT2D eigenvalue weighted by atomic mass is 9.87. The normalized spacial score (nSPS) is 18.7. The lowest BCUT2D eigenvalue weighted by Crippen LogP contribution is -2.29. The number of aryl methyl sites for hydroxylation is 1. The molecule has 2 aliphatic rings. The number of nitrogens with zero attached hydrogens (tertiary/aromatic N) is 5. The van der Waals surface area contributed by atoms with Gasteiger partial charge in [-0.1, -0.05) is 0 Å². The third-order valence-corrected chi connectivity index (χ3v) is 11.5.